The smallest absolute Gasteiger partial charge is 0.210 e. The van der Waals surface area contributed by atoms with Gasteiger partial charge in [0, 0.05) is 12.1 Å². The number of benzene rings is 1. The van der Waals surface area contributed by atoms with Crippen molar-refractivity contribution < 1.29 is 4.79 Å². The van der Waals surface area contributed by atoms with Gasteiger partial charge in [-0.1, -0.05) is 30.0 Å². The molecule has 2 heteroatoms. The van der Waals surface area contributed by atoms with Crippen molar-refractivity contribution in [1.29, 1.82) is 0 Å². The molecule has 0 bridgehead atoms. The van der Waals surface area contributed by atoms with E-state index in [1.54, 1.807) is 4.90 Å². The van der Waals surface area contributed by atoms with Crippen LogP contribution in [0, 0.1) is 11.8 Å². The summed E-state index contributed by atoms with van der Waals surface area (Å²) < 4.78 is 0. The molecule has 2 rings (SSSR count). The first kappa shape index (κ1) is 10.8. The number of hydrogen-bond acceptors (Lipinski definition) is 1. The number of likely N-dealkylation sites (tertiary alicyclic amines) is 1. The second kappa shape index (κ2) is 5.37. The molecule has 0 spiro atoms. The lowest BCUT2D eigenvalue weighted by Crippen LogP contribution is -2.37. The summed E-state index contributed by atoms with van der Waals surface area (Å²) in [4.78, 5) is 12.6. The molecule has 0 saturated carbocycles. The Bertz CT molecular complexity index is 402. The number of amides is 1. The Labute approximate surface area is 96.3 Å². The lowest BCUT2D eigenvalue weighted by molar-refractivity contribution is -0.120. The van der Waals surface area contributed by atoms with E-state index < -0.39 is 0 Å². The van der Waals surface area contributed by atoms with E-state index in [1.807, 2.05) is 30.3 Å². The molecule has 0 aliphatic carbocycles. The summed E-state index contributed by atoms with van der Waals surface area (Å²) >= 11 is 0. The van der Waals surface area contributed by atoms with E-state index in [2.05, 4.69) is 11.8 Å². The van der Waals surface area contributed by atoms with Gasteiger partial charge in [0.2, 0.25) is 6.41 Å². The van der Waals surface area contributed by atoms with Crippen molar-refractivity contribution in [3.8, 4) is 11.8 Å². The van der Waals surface area contributed by atoms with Crippen molar-refractivity contribution >= 4 is 6.41 Å². The minimum Gasteiger partial charge on any atom is -0.331 e. The van der Waals surface area contributed by atoms with Gasteiger partial charge in [-0.15, -0.1) is 0 Å². The van der Waals surface area contributed by atoms with E-state index in [4.69, 9.17) is 0 Å². The van der Waals surface area contributed by atoms with Gasteiger partial charge in [-0.3, -0.25) is 4.79 Å². The Morgan fingerprint density at radius 2 is 2.06 bits per heavy atom. The molecule has 16 heavy (non-hydrogen) atoms. The highest BCUT2D eigenvalue weighted by Gasteiger charge is 2.18. The molecule has 1 unspecified atom stereocenters. The highest BCUT2D eigenvalue weighted by Crippen LogP contribution is 2.14. The van der Waals surface area contributed by atoms with E-state index in [-0.39, 0.29) is 6.04 Å². The summed E-state index contributed by atoms with van der Waals surface area (Å²) in [7, 11) is 0. The number of piperidine rings is 1. The third-order valence-electron chi connectivity index (χ3n) is 2.84. The predicted molar refractivity (Wildman–Crippen MR) is 63.7 cm³/mol. The normalized spacial score (nSPS) is 19.8. The second-order valence-corrected chi connectivity index (χ2v) is 3.99. The van der Waals surface area contributed by atoms with E-state index in [9.17, 15) is 4.79 Å². The summed E-state index contributed by atoms with van der Waals surface area (Å²) in [6.45, 7) is 0.845. The zero-order valence-electron chi connectivity index (χ0n) is 9.23. The van der Waals surface area contributed by atoms with Crippen LogP contribution in [0.5, 0.6) is 0 Å². The fraction of sp³-hybridized carbons (Fsp3) is 0.357. The first-order valence-electron chi connectivity index (χ1n) is 5.68. The van der Waals surface area contributed by atoms with E-state index in [0.717, 1.165) is 31.4 Å². The van der Waals surface area contributed by atoms with Crippen LogP contribution in [0.2, 0.25) is 0 Å². The maximum Gasteiger partial charge on any atom is 0.210 e. The Morgan fingerprint density at radius 3 is 2.81 bits per heavy atom. The molecular formula is C14H15NO. The highest BCUT2D eigenvalue weighted by molar-refractivity contribution is 5.50. The van der Waals surface area contributed by atoms with Crippen molar-refractivity contribution in [1.82, 2.24) is 4.90 Å². The van der Waals surface area contributed by atoms with Crippen LogP contribution in [0.3, 0.4) is 0 Å². The van der Waals surface area contributed by atoms with Gasteiger partial charge >= 0.3 is 0 Å². The van der Waals surface area contributed by atoms with Crippen LogP contribution in [0.15, 0.2) is 30.3 Å². The first-order valence-corrected chi connectivity index (χ1v) is 5.68. The molecule has 0 radical (unpaired) electrons. The van der Waals surface area contributed by atoms with Crippen molar-refractivity contribution in [2.75, 3.05) is 6.54 Å². The van der Waals surface area contributed by atoms with Gasteiger partial charge in [0.15, 0.2) is 0 Å². The number of hydrogen-bond donors (Lipinski definition) is 0. The van der Waals surface area contributed by atoms with Crippen LogP contribution in [-0.4, -0.2) is 23.9 Å². The van der Waals surface area contributed by atoms with Crippen molar-refractivity contribution in [2.45, 2.75) is 25.3 Å². The molecular weight excluding hydrogens is 198 g/mol. The second-order valence-electron chi connectivity index (χ2n) is 3.99. The molecule has 1 aliphatic rings. The summed E-state index contributed by atoms with van der Waals surface area (Å²) in [5.41, 5.74) is 1.01. The molecule has 1 fully saturated rings. The third-order valence-corrected chi connectivity index (χ3v) is 2.84. The van der Waals surface area contributed by atoms with E-state index >= 15 is 0 Å². The number of nitrogens with zero attached hydrogens (tertiary/aromatic N) is 1. The van der Waals surface area contributed by atoms with Gasteiger partial charge in [0.1, 0.15) is 0 Å². The Hall–Kier alpha value is -1.75. The maximum atomic E-state index is 10.8. The van der Waals surface area contributed by atoms with Crippen LogP contribution in [0.4, 0.5) is 0 Å². The van der Waals surface area contributed by atoms with Crippen LogP contribution in [0.1, 0.15) is 24.8 Å². The average Bonchev–Trinajstić information content (AvgIpc) is 2.38. The van der Waals surface area contributed by atoms with Gasteiger partial charge in [-0.25, -0.2) is 0 Å². The zero-order valence-corrected chi connectivity index (χ0v) is 9.23. The van der Waals surface area contributed by atoms with Crippen LogP contribution in [-0.2, 0) is 4.79 Å². The van der Waals surface area contributed by atoms with Crippen molar-refractivity contribution in [3.63, 3.8) is 0 Å². The lowest BCUT2D eigenvalue weighted by atomic mass is 10.0. The fourth-order valence-electron chi connectivity index (χ4n) is 1.92. The van der Waals surface area contributed by atoms with Gasteiger partial charge < -0.3 is 4.90 Å². The summed E-state index contributed by atoms with van der Waals surface area (Å²) in [5, 5.41) is 0. The standard InChI is InChI=1S/C14H15NO/c16-12-15-11-5-4-8-14(15)10-9-13-6-2-1-3-7-13/h1-3,6-7,12,14H,4-5,8,11H2. The quantitative estimate of drug-likeness (QED) is 0.516. The maximum absolute atomic E-state index is 10.8. The minimum atomic E-state index is 0.103. The molecule has 0 N–H and O–H groups in total. The topological polar surface area (TPSA) is 20.3 Å². The number of carbonyl (C=O) groups is 1. The lowest BCUT2D eigenvalue weighted by Gasteiger charge is -2.28. The largest absolute Gasteiger partial charge is 0.331 e. The third kappa shape index (κ3) is 2.64. The molecule has 1 amide bonds. The fourth-order valence-corrected chi connectivity index (χ4v) is 1.92. The molecule has 1 atom stereocenters. The SMILES string of the molecule is O=CN1CCCCC1C#Cc1ccccc1. The first-order chi connectivity index (χ1) is 7.90. The molecule has 1 aliphatic heterocycles. The predicted octanol–water partition coefficient (Wildman–Crippen LogP) is 2.05. The van der Waals surface area contributed by atoms with Crippen LogP contribution in [0.25, 0.3) is 0 Å². The minimum absolute atomic E-state index is 0.103. The van der Waals surface area contributed by atoms with Gasteiger partial charge in [0.25, 0.3) is 0 Å². The molecule has 82 valence electrons. The number of carbonyl (C=O) groups excluding carboxylic acids is 1. The highest BCUT2D eigenvalue weighted by atomic mass is 16.1. The molecule has 1 aromatic carbocycles. The molecule has 1 heterocycles. The van der Waals surface area contributed by atoms with Crippen LogP contribution >= 0.6 is 0 Å². The number of rotatable bonds is 1. The summed E-state index contributed by atoms with van der Waals surface area (Å²) in [6, 6.07) is 10.0. The molecule has 2 nitrogen and oxygen atoms in total. The zero-order chi connectivity index (χ0) is 11.2. The van der Waals surface area contributed by atoms with Crippen LogP contribution < -0.4 is 0 Å². The summed E-state index contributed by atoms with van der Waals surface area (Å²) in [5.74, 6) is 6.31. The van der Waals surface area contributed by atoms with Gasteiger partial charge in [-0.05, 0) is 31.4 Å². The van der Waals surface area contributed by atoms with Gasteiger partial charge in [-0.2, -0.15) is 0 Å². The van der Waals surface area contributed by atoms with Crippen molar-refractivity contribution in [2.24, 2.45) is 0 Å². The molecule has 0 aromatic heterocycles. The molecule has 1 aromatic rings. The Morgan fingerprint density at radius 1 is 1.25 bits per heavy atom. The molecule has 1 saturated heterocycles. The Kier molecular flexibility index (Phi) is 3.61. The average molecular weight is 213 g/mol. The Balaban J connectivity index is 2.08. The van der Waals surface area contributed by atoms with Gasteiger partial charge in [0.05, 0.1) is 6.04 Å². The van der Waals surface area contributed by atoms with Crippen molar-refractivity contribution in [3.05, 3.63) is 35.9 Å². The van der Waals surface area contributed by atoms with E-state index in [1.165, 1.54) is 6.42 Å². The summed E-state index contributed by atoms with van der Waals surface area (Å²) in [6.07, 6.45) is 4.18. The monoisotopic (exact) mass is 213 g/mol. The van der Waals surface area contributed by atoms with E-state index in [0.29, 0.717) is 0 Å².